The zero-order valence-corrected chi connectivity index (χ0v) is 13.8. The lowest BCUT2D eigenvalue weighted by atomic mass is 9.86. The monoisotopic (exact) mass is 345 g/mol. The maximum atomic E-state index is 12.5. The van der Waals surface area contributed by atoms with Crippen molar-refractivity contribution in [1.29, 1.82) is 0 Å². The molecule has 2 amide bonds. The lowest BCUT2D eigenvalue weighted by molar-refractivity contribution is -0.130. The zero-order chi connectivity index (χ0) is 18.2. The highest BCUT2D eigenvalue weighted by Crippen LogP contribution is 2.41. The van der Waals surface area contributed by atoms with Gasteiger partial charge >= 0.3 is 5.91 Å². The van der Waals surface area contributed by atoms with Crippen LogP contribution < -0.4 is 20.3 Å². The van der Waals surface area contributed by atoms with Crippen LogP contribution in [0, 0.1) is 12.3 Å². The molecule has 1 fully saturated rings. The van der Waals surface area contributed by atoms with Gasteiger partial charge in [-0.3, -0.25) is 14.5 Å². The second-order valence-corrected chi connectivity index (χ2v) is 6.00. The number of nitrogens with two attached hydrogens (primary N) is 1. The van der Waals surface area contributed by atoms with Gasteiger partial charge in [0.1, 0.15) is 11.3 Å². The van der Waals surface area contributed by atoms with Crippen LogP contribution in [0.5, 0.6) is 5.75 Å². The largest absolute Gasteiger partial charge is 0.445 e. The Balaban J connectivity index is 2.10. The van der Waals surface area contributed by atoms with Gasteiger partial charge in [0, 0.05) is 38.8 Å². The van der Waals surface area contributed by atoms with E-state index in [1.54, 1.807) is 25.2 Å². The van der Waals surface area contributed by atoms with Crippen LogP contribution in [0.3, 0.4) is 0 Å². The molecule has 1 aromatic rings. The molecule has 0 bridgehead atoms. The van der Waals surface area contributed by atoms with Gasteiger partial charge in [0.15, 0.2) is 0 Å². The van der Waals surface area contributed by atoms with Crippen molar-refractivity contribution in [2.45, 2.75) is 24.8 Å². The predicted octanol–water partition coefficient (Wildman–Crippen LogP) is -0.208. The predicted molar refractivity (Wildman–Crippen MR) is 89.8 cm³/mol. The van der Waals surface area contributed by atoms with E-state index in [4.69, 9.17) is 21.6 Å². The summed E-state index contributed by atoms with van der Waals surface area (Å²) >= 11 is 0. The molecular formula is C17H19N3O5. The molecule has 2 aliphatic rings. The van der Waals surface area contributed by atoms with Crippen molar-refractivity contribution in [2.75, 3.05) is 30.1 Å². The van der Waals surface area contributed by atoms with Crippen LogP contribution in [-0.2, 0) is 14.3 Å². The van der Waals surface area contributed by atoms with Crippen LogP contribution in [0.15, 0.2) is 18.2 Å². The highest BCUT2D eigenvalue weighted by molar-refractivity contribution is 6.11. The van der Waals surface area contributed by atoms with Crippen LogP contribution >= 0.6 is 0 Å². The molecule has 8 heteroatoms. The minimum atomic E-state index is -1.26. The number of anilines is 2. The SMILES string of the molecule is C#CC(=O)N(c1ccc2c(c1)N(C)C(O)O2)C1(C(N)=O)CCOCC1. The molecule has 3 rings (SSSR count). The van der Waals surface area contributed by atoms with Gasteiger partial charge in [-0.25, -0.2) is 0 Å². The Hall–Kier alpha value is -2.76. The Kier molecular flexibility index (Phi) is 4.29. The first-order valence-corrected chi connectivity index (χ1v) is 7.81. The van der Waals surface area contributed by atoms with Gasteiger partial charge in [0.25, 0.3) is 6.41 Å². The Morgan fingerprint density at radius 3 is 2.72 bits per heavy atom. The van der Waals surface area contributed by atoms with E-state index in [1.165, 1.54) is 9.80 Å². The van der Waals surface area contributed by atoms with Crippen LogP contribution in [0.2, 0.25) is 0 Å². The molecular weight excluding hydrogens is 326 g/mol. The quantitative estimate of drug-likeness (QED) is 0.735. The van der Waals surface area contributed by atoms with E-state index in [1.807, 2.05) is 0 Å². The molecule has 25 heavy (non-hydrogen) atoms. The molecule has 1 aromatic carbocycles. The number of ether oxygens (including phenoxy) is 2. The fraction of sp³-hybridized carbons (Fsp3) is 0.412. The third kappa shape index (κ3) is 2.67. The summed E-state index contributed by atoms with van der Waals surface area (Å²) in [5.41, 5.74) is 5.39. The highest BCUT2D eigenvalue weighted by atomic mass is 16.6. The number of hydrogen-bond donors (Lipinski definition) is 2. The van der Waals surface area contributed by atoms with Gasteiger partial charge in [-0.05, 0) is 24.1 Å². The summed E-state index contributed by atoms with van der Waals surface area (Å²) in [6.07, 6.45) is 4.73. The number of carbonyl (C=O) groups excluding carboxylic acids is 2. The lowest BCUT2D eigenvalue weighted by Gasteiger charge is -2.43. The molecule has 0 aromatic heterocycles. The number of carbonyl (C=O) groups is 2. The van der Waals surface area contributed by atoms with Crippen molar-refractivity contribution in [3.63, 3.8) is 0 Å². The van der Waals surface area contributed by atoms with Crippen LogP contribution in [0.1, 0.15) is 12.8 Å². The van der Waals surface area contributed by atoms with E-state index in [0.29, 0.717) is 30.3 Å². The maximum absolute atomic E-state index is 12.5. The molecule has 1 unspecified atom stereocenters. The van der Waals surface area contributed by atoms with Crippen LogP contribution in [-0.4, -0.2) is 49.1 Å². The Labute approximate surface area is 145 Å². The van der Waals surface area contributed by atoms with Crippen molar-refractivity contribution in [2.24, 2.45) is 5.73 Å². The summed E-state index contributed by atoms with van der Waals surface area (Å²) < 4.78 is 10.6. The number of nitrogens with zero attached hydrogens (tertiary/aromatic N) is 2. The average Bonchev–Trinajstić information content (AvgIpc) is 2.90. The first kappa shape index (κ1) is 17.1. The molecule has 0 spiro atoms. The number of primary amides is 1. The second kappa shape index (κ2) is 6.27. The molecule has 0 saturated carbocycles. The van der Waals surface area contributed by atoms with E-state index in [0.717, 1.165) is 0 Å². The van der Waals surface area contributed by atoms with Gasteiger partial charge in [0.05, 0.1) is 5.69 Å². The van der Waals surface area contributed by atoms with Crippen LogP contribution in [0.4, 0.5) is 11.4 Å². The zero-order valence-electron chi connectivity index (χ0n) is 13.8. The number of benzene rings is 1. The van der Waals surface area contributed by atoms with E-state index < -0.39 is 23.8 Å². The number of aliphatic hydroxyl groups is 1. The number of amides is 2. The lowest BCUT2D eigenvalue weighted by Crippen LogP contribution is -2.62. The van der Waals surface area contributed by atoms with Gasteiger partial charge in [-0.1, -0.05) is 0 Å². The molecule has 8 nitrogen and oxygen atoms in total. The van der Waals surface area contributed by atoms with E-state index >= 15 is 0 Å². The molecule has 2 aliphatic heterocycles. The number of aliphatic hydroxyl groups excluding tert-OH is 1. The molecule has 1 saturated heterocycles. The third-order valence-electron chi connectivity index (χ3n) is 4.68. The van der Waals surface area contributed by atoms with Gasteiger partial charge < -0.3 is 25.2 Å². The summed E-state index contributed by atoms with van der Waals surface area (Å²) in [6, 6.07) is 4.86. The van der Waals surface area contributed by atoms with Crippen molar-refractivity contribution < 1.29 is 24.2 Å². The van der Waals surface area contributed by atoms with Crippen molar-refractivity contribution in [1.82, 2.24) is 0 Å². The standard InChI is InChI=1S/C17H19N3O5/c1-3-14(21)20(17(15(18)22)6-8-24-9-7-17)11-4-5-13-12(10-11)19(2)16(23)25-13/h1,4-5,10,16,23H,6-9H2,2H3,(H2,18,22). The highest BCUT2D eigenvalue weighted by Gasteiger charge is 2.47. The third-order valence-corrected chi connectivity index (χ3v) is 4.68. The van der Waals surface area contributed by atoms with Gasteiger partial charge in [0.2, 0.25) is 5.91 Å². The normalized spacial score (nSPS) is 21.0. The van der Waals surface area contributed by atoms with E-state index in [2.05, 4.69) is 5.92 Å². The molecule has 0 aliphatic carbocycles. The minimum absolute atomic E-state index is 0.252. The molecule has 1 atom stereocenters. The Morgan fingerprint density at radius 1 is 1.44 bits per heavy atom. The average molecular weight is 345 g/mol. The fourth-order valence-electron chi connectivity index (χ4n) is 3.24. The number of rotatable bonds is 3. The van der Waals surface area contributed by atoms with E-state index in [-0.39, 0.29) is 12.8 Å². The number of hydrogen-bond acceptors (Lipinski definition) is 6. The maximum Gasteiger partial charge on any atom is 0.303 e. The van der Waals surface area contributed by atoms with Crippen LogP contribution in [0.25, 0.3) is 0 Å². The topological polar surface area (TPSA) is 105 Å². The summed E-state index contributed by atoms with van der Waals surface area (Å²) in [6.45, 7) is 0.591. The number of terminal acetylenes is 1. The van der Waals surface area contributed by atoms with Gasteiger partial charge in [-0.2, -0.15) is 0 Å². The summed E-state index contributed by atoms with van der Waals surface area (Å²) in [7, 11) is 1.64. The summed E-state index contributed by atoms with van der Waals surface area (Å²) in [4.78, 5) is 27.6. The second-order valence-electron chi connectivity index (χ2n) is 6.00. The molecule has 132 valence electrons. The van der Waals surface area contributed by atoms with E-state index in [9.17, 15) is 14.7 Å². The Morgan fingerprint density at radius 2 is 2.12 bits per heavy atom. The van der Waals surface area contributed by atoms with Crippen molar-refractivity contribution in [3.05, 3.63) is 18.2 Å². The smallest absolute Gasteiger partial charge is 0.303 e. The summed E-state index contributed by atoms with van der Waals surface area (Å²) in [5, 5.41) is 9.79. The van der Waals surface area contributed by atoms with Gasteiger partial charge in [-0.15, -0.1) is 6.42 Å². The van der Waals surface area contributed by atoms with Crippen molar-refractivity contribution >= 4 is 23.2 Å². The molecule has 0 radical (unpaired) electrons. The Bertz CT molecular complexity index is 751. The summed E-state index contributed by atoms with van der Waals surface area (Å²) in [5.74, 6) is 1.24. The molecule has 3 N–H and O–H groups in total. The fourth-order valence-corrected chi connectivity index (χ4v) is 3.24. The first-order valence-electron chi connectivity index (χ1n) is 7.81. The molecule has 2 heterocycles. The van der Waals surface area contributed by atoms with Crippen molar-refractivity contribution in [3.8, 4) is 18.1 Å². The number of fused-ring (bicyclic) bond motifs is 1. The first-order chi connectivity index (χ1) is 11.9. The minimum Gasteiger partial charge on any atom is -0.445 e.